The lowest BCUT2D eigenvalue weighted by Gasteiger charge is -2.27. The molecule has 1 aromatic heterocycles. The van der Waals surface area contributed by atoms with Crippen molar-refractivity contribution in [2.24, 2.45) is 0 Å². The van der Waals surface area contributed by atoms with Crippen LogP contribution in [-0.4, -0.2) is 33.7 Å². The zero-order valence-corrected chi connectivity index (χ0v) is 14.0. The highest BCUT2D eigenvalue weighted by Crippen LogP contribution is 2.47. The van der Waals surface area contributed by atoms with Crippen molar-refractivity contribution in [2.75, 3.05) is 5.32 Å². The van der Waals surface area contributed by atoms with Crippen LogP contribution < -0.4 is 5.32 Å². The van der Waals surface area contributed by atoms with E-state index >= 15 is 0 Å². The lowest BCUT2D eigenvalue weighted by Crippen LogP contribution is -2.57. The molecule has 0 spiro atoms. The summed E-state index contributed by atoms with van der Waals surface area (Å²) in [4.78, 5) is 11.5. The summed E-state index contributed by atoms with van der Waals surface area (Å²) in [5.41, 5.74) is 0.530. The van der Waals surface area contributed by atoms with Gasteiger partial charge in [-0.15, -0.1) is 0 Å². The van der Waals surface area contributed by atoms with Crippen LogP contribution in [0.3, 0.4) is 0 Å². The van der Waals surface area contributed by atoms with E-state index in [0.717, 1.165) is 5.56 Å². The van der Waals surface area contributed by atoms with Gasteiger partial charge in [-0.1, -0.05) is 30.3 Å². The van der Waals surface area contributed by atoms with E-state index in [1.165, 1.54) is 23.8 Å². The van der Waals surface area contributed by atoms with Crippen LogP contribution in [-0.2, 0) is 11.3 Å². The highest BCUT2D eigenvalue weighted by Gasteiger charge is 2.76. The first-order valence-corrected chi connectivity index (χ1v) is 7.50. The highest BCUT2D eigenvalue weighted by molar-refractivity contribution is 5.97. The van der Waals surface area contributed by atoms with Crippen LogP contribution in [0.4, 0.5) is 36.4 Å². The number of carbonyl (C=O) groups excluding carboxylic acids is 1. The number of aromatic nitrogens is 2. The molecule has 0 aliphatic carbocycles. The zero-order chi connectivity index (χ0) is 20.6. The number of hydrogen-bond acceptors (Lipinski definition) is 2. The Kier molecular flexibility index (Phi) is 5.26. The summed E-state index contributed by atoms with van der Waals surface area (Å²) < 4.78 is 90.9. The summed E-state index contributed by atoms with van der Waals surface area (Å²) in [5, 5.41) is 5.45. The van der Waals surface area contributed by atoms with Crippen molar-refractivity contribution in [3.8, 4) is 0 Å². The summed E-state index contributed by atoms with van der Waals surface area (Å²) >= 11 is 0. The number of nitrogens with zero attached hydrogens (tertiary/aromatic N) is 2. The average molecular weight is 397 g/mol. The number of anilines is 1. The Balaban J connectivity index is 2.28. The van der Waals surface area contributed by atoms with Gasteiger partial charge in [-0.05, 0) is 19.4 Å². The molecule has 0 saturated carbocycles. The summed E-state index contributed by atoms with van der Waals surface area (Å²) in [7, 11) is 0. The van der Waals surface area contributed by atoms with Crippen LogP contribution in [0.1, 0.15) is 17.0 Å². The molecule has 2 rings (SSSR count). The minimum atomic E-state index is -6.59. The molecule has 1 aromatic carbocycles. The molecule has 4 nitrogen and oxygen atoms in total. The molecule has 27 heavy (non-hydrogen) atoms. The van der Waals surface area contributed by atoms with Crippen LogP contribution in [0.25, 0.3) is 0 Å². The molecule has 0 bridgehead atoms. The number of alkyl halides is 7. The normalized spacial score (nSPS) is 12.9. The quantitative estimate of drug-likeness (QED) is 0.764. The van der Waals surface area contributed by atoms with Gasteiger partial charge in [-0.25, -0.2) is 0 Å². The number of amides is 1. The van der Waals surface area contributed by atoms with Gasteiger partial charge in [0.15, 0.2) is 0 Å². The molecule has 0 aliphatic heterocycles. The molecule has 11 heteroatoms. The van der Waals surface area contributed by atoms with Crippen molar-refractivity contribution < 1.29 is 35.5 Å². The molecule has 0 aliphatic rings. The van der Waals surface area contributed by atoms with E-state index < -0.39 is 23.9 Å². The summed E-state index contributed by atoms with van der Waals surface area (Å²) in [6, 6.07) is 8.73. The molecule has 2 aromatic rings. The predicted octanol–water partition coefficient (Wildman–Crippen LogP) is 4.32. The van der Waals surface area contributed by atoms with E-state index in [1.54, 1.807) is 30.3 Å². The molecule has 0 radical (unpaired) electrons. The summed E-state index contributed by atoms with van der Waals surface area (Å²) in [6.45, 7) is 2.83. The van der Waals surface area contributed by atoms with Crippen molar-refractivity contribution >= 4 is 11.6 Å². The Morgan fingerprint density at radius 2 is 1.59 bits per heavy atom. The van der Waals surface area contributed by atoms with E-state index in [-0.39, 0.29) is 23.6 Å². The Hall–Kier alpha value is -2.59. The molecule has 0 atom stereocenters. The van der Waals surface area contributed by atoms with Crippen molar-refractivity contribution in [1.82, 2.24) is 9.78 Å². The van der Waals surface area contributed by atoms with E-state index in [2.05, 4.69) is 5.10 Å². The van der Waals surface area contributed by atoms with Gasteiger partial charge in [0.05, 0.1) is 23.6 Å². The standard InChI is InChI=1S/C16H14F7N3O/c1-9-12(10(2)26(25-9)8-11-6-4-3-5-7-11)24-13(27)14(17,18)15(19,20)16(21,22)23/h3-7H,8H2,1-2H3,(H,24,27). The fourth-order valence-electron chi connectivity index (χ4n) is 2.30. The van der Waals surface area contributed by atoms with Crippen molar-refractivity contribution in [1.29, 1.82) is 0 Å². The monoisotopic (exact) mass is 397 g/mol. The first kappa shape index (κ1) is 20.7. The lowest BCUT2D eigenvalue weighted by atomic mass is 10.1. The third-order valence-corrected chi connectivity index (χ3v) is 3.83. The van der Waals surface area contributed by atoms with Gasteiger partial charge in [0, 0.05) is 0 Å². The number of rotatable bonds is 5. The summed E-state index contributed by atoms with van der Waals surface area (Å²) in [6.07, 6.45) is -6.59. The number of benzene rings is 1. The molecule has 0 fully saturated rings. The van der Waals surface area contributed by atoms with Crippen molar-refractivity contribution in [3.63, 3.8) is 0 Å². The number of halogens is 7. The highest BCUT2D eigenvalue weighted by atomic mass is 19.4. The Labute approximate surface area is 149 Å². The second kappa shape index (κ2) is 6.86. The SMILES string of the molecule is Cc1nn(Cc2ccccc2)c(C)c1NC(=O)C(F)(F)C(F)(F)C(F)(F)F. The molecular formula is C16H14F7N3O. The number of aryl methyl sites for hydroxylation is 1. The zero-order valence-electron chi connectivity index (χ0n) is 14.0. The Morgan fingerprint density at radius 1 is 1.04 bits per heavy atom. The maximum Gasteiger partial charge on any atom is 0.460 e. The number of nitrogens with one attached hydrogen (secondary N) is 1. The third-order valence-electron chi connectivity index (χ3n) is 3.83. The maximum absolute atomic E-state index is 13.5. The predicted molar refractivity (Wildman–Crippen MR) is 81.8 cm³/mol. The van der Waals surface area contributed by atoms with Gasteiger partial charge in [-0.3, -0.25) is 9.48 Å². The first-order valence-electron chi connectivity index (χ1n) is 7.50. The average Bonchev–Trinajstić information content (AvgIpc) is 2.82. The van der Waals surface area contributed by atoms with E-state index in [9.17, 15) is 35.5 Å². The van der Waals surface area contributed by atoms with Gasteiger partial charge in [0.2, 0.25) is 0 Å². The minimum Gasteiger partial charge on any atom is -0.317 e. The molecule has 1 amide bonds. The number of carbonyl (C=O) groups is 1. The molecule has 1 heterocycles. The van der Waals surface area contributed by atoms with Gasteiger partial charge < -0.3 is 5.32 Å². The van der Waals surface area contributed by atoms with Gasteiger partial charge in [0.25, 0.3) is 0 Å². The van der Waals surface area contributed by atoms with E-state index in [4.69, 9.17) is 0 Å². The molecule has 148 valence electrons. The maximum atomic E-state index is 13.5. The van der Waals surface area contributed by atoms with E-state index in [0.29, 0.717) is 0 Å². The van der Waals surface area contributed by atoms with E-state index in [1.807, 2.05) is 0 Å². The van der Waals surface area contributed by atoms with Gasteiger partial charge >= 0.3 is 23.9 Å². The fourth-order valence-corrected chi connectivity index (χ4v) is 2.30. The first-order chi connectivity index (χ1) is 12.3. The van der Waals surface area contributed by atoms with Crippen LogP contribution in [0.2, 0.25) is 0 Å². The van der Waals surface area contributed by atoms with Crippen LogP contribution in [0, 0.1) is 13.8 Å². The largest absolute Gasteiger partial charge is 0.460 e. The van der Waals surface area contributed by atoms with Crippen molar-refractivity contribution in [3.05, 3.63) is 47.3 Å². The molecular weight excluding hydrogens is 383 g/mol. The van der Waals surface area contributed by atoms with Gasteiger partial charge in [0.1, 0.15) is 0 Å². The Bertz CT molecular complexity index is 829. The summed E-state index contributed by atoms with van der Waals surface area (Å²) in [5.74, 6) is -15.3. The van der Waals surface area contributed by atoms with Crippen LogP contribution in [0.5, 0.6) is 0 Å². The lowest BCUT2D eigenvalue weighted by molar-refractivity contribution is -0.343. The van der Waals surface area contributed by atoms with Crippen molar-refractivity contribution in [2.45, 2.75) is 38.4 Å². The van der Waals surface area contributed by atoms with Crippen LogP contribution >= 0.6 is 0 Å². The van der Waals surface area contributed by atoms with Gasteiger partial charge in [-0.2, -0.15) is 35.8 Å². The fraction of sp³-hybridized carbons (Fsp3) is 0.375. The van der Waals surface area contributed by atoms with Crippen LogP contribution in [0.15, 0.2) is 30.3 Å². The topological polar surface area (TPSA) is 46.9 Å². The third kappa shape index (κ3) is 3.76. The number of hydrogen-bond donors (Lipinski definition) is 1. The molecule has 1 N–H and O–H groups in total. The second-order valence-corrected chi connectivity index (χ2v) is 5.79. The smallest absolute Gasteiger partial charge is 0.317 e. The molecule has 0 saturated heterocycles. The Morgan fingerprint density at radius 3 is 2.11 bits per heavy atom. The minimum absolute atomic E-state index is 0.0112. The second-order valence-electron chi connectivity index (χ2n) is 5.79. The molecule has 0 unspecified atom stereocenters.